The molecular formula is C22H24N2O8S. The van der Waals surface area contributed by atoms with Crippen molar-refractivity contribution in [2.45, 2.75) is 10.9 Å². The molecule has 11 heteroatoms. The highest BCUT2D eigenvalue weighted by molar-refractivity contribution is 7.91. The van der Waals surface area contributed by atoms with Crippen molar-refractivity contribution in [3.63, 3.8) is 0 Å². The van der Waals surface area contributed by atoms with E-state index in [9.17, 15) is 18.0 Å². The molecule has 176 valence electrons. The van der Waals surface area contributed by atoms with E-state index in [-0.39, 0.29) is 16.2 Å². The molecule has 1 aliphatic heterocycles. The largest absolute Gasteiger partial charge is 0.497 e. The fourth-order valence-electron chi connectivity index (χ4n) is 3.42. The Bertz CT molecular complexity index is 1190. The molecule has 1 aliphatic rings. The van der Waals surface area contributed by atoms with Crippen LogP contribution >= 0.6 is 0 Å². The van der Waals surface area contributed by atoms with Crippen LogP contribution in [0.1, 0.15) is 11.6 Å². The Morgan fingerprint density at radius 3 is 2.18 bits per heavy atom. The second-order valence-corrected chi connectivity index (χ2v) is 8.95. The third-order valence-corrected chi connectivity index (χ3v) is 6.71. The molecule has 0 radical (unpaired) electrons. The average Bonchev–Trinajstić information content (AvgIpc) is 2.82. The van der Waals surface area contributed by atoms with Crippen molar-refractivity contribution < 1.29 is 37.0 Å². The van der Waals surface area contributed by atoms with E-state index in [1.807, 2.05) is 0 Å². The number of carbonyl (C=O) groups excluding carboxylic acids is 2. The van der Waals surface area contributed by atoms with E-state index in [1.165, 1.54) is 52.7 Å². The maximum atomic E-state index is 13.1. The van der Waals surface area contributed by atoms with E-state index < -0.39 is 33.6 Å². The zero-order chi connectivity index (χ0) is 24.2. The van der Waals surface area contributed by atoms with Crippen molar-refractivity contribution in [2.75, 3.05) is 34.2 Å². The lowest BCUT2D eigenvalue weighted by molar-refractivity contribution is -0.136. The van der Waals surface area contributed by atoms with Gasteiger partial charge in [0.2, 0.25) is 0 Å². The molecule has 0 unspecified atom stereocenters. The normalized spacial score (nSPS) is 15.9. The molecule has 2 aromatic carbocycles. The molecule has 0 bridgehead atoms. The second kappa shape index (κ2) is 9.82. The van der Waals surface area contributed by atoms with Gasteiger partial charge in [0.25, 0.3) is 0 Å². The van der Waals surface area contributed by atoms with Gasteiger partial charge in [0.15, 0.2) is 21.3 Å². The molecule has 0 fully saturated rings. The molecule has 1 heterocycles. The molecule has 0 aliphatic carbocycles. The minimum atomic E-state index is -3.92. The summed E-state index contributed by atoms with van der Waals surface area (Å²) in [4.78, 5) is 25.1. The van der Waals surface area contributed by atoms with Crippen LogP contribution in [-0.4, -0.2) is 54.6 Å². The number of hydrogen-bond donors (Lipinski definition) is 2. The minimum absolute atomic E-state index is 0.00969. The number of benzene rings is 2. The fraction of sp³-hybridized carbons (Fsp3) is 0.273. The summed E-state index contributed by atoms with van der Waals surface area (Å²) in [6.45, 7) is 0. The Balaban J connectivity index is 2.09. The first-order valence-corrected chi connectivity index (χ1v) is 11.4. The van der Waals surface area contributed by atoms with Gasteiger partial charge < -0.3 is 29.6 Å². The number of ether oxygens (including phenoxy) is 4. The molecule has 0 saturated carbocycles. The standard InChI is InChI=1S/C22H24N2O8S/c1-29-14-6-8-15(9-7-14)33(27,28)12-16-19(21(25)32-4)20(24-22(26)23-16)13-5-10-17(30-2)18(11-13)31-3/h5-11,20H,12H2,1-4H3,(H2,23,24,26)/t20-/m1/s1. The molecule has 2 N–H and O–H groups in total. The Kier molecular flexibility index (Phi) is 7.12. The molecule has 0 spiro atoms. The number of sulfone groups is 1. The lowest BCUT2D eigenvalue weighted by Gasteiger charge is -2.29. The molecule has 2 aromatic rings. The minimum Gasteiger partial charge on any atom is -0.497 e. The Morgan fingerprint density at radius 1 is 0.939 bits per heavy atom. The van der Waals surface area contributed by atoms with Gasteiger partial charge in [-0.3, -0.25) is 0 Å². The van der Waals surface area contributed by atoms with E-state index in [1.54, 1.807) is 18.2 Å². The highest BCUT2D eigenvalue weighted by atomic mass is 32.2. The highest BCUT2D eigenvalue weighted by Gasteiger charge is 2.36. The first kappa shape index (κ1) is 23.9. The zero-order valence-electron chi connectivity index (χ0n) is 18.5. The summed E-state index contributed by atoms with van der Waals surface area (Å²) in [5.41, 5.74) is 0.352. The van der Waals surface area contributed by atoms with Crippen LogP contribution in [0.3, 0.4) is 0 Å². The Morgan fingerprint density at radius 2 is 1.61 bits per heavy atom. The second-order valence-electron chi connectivity index (χ2n) is 6.96. The molecule has 0 aromatic heterocycles. The SMILES string of the molecule is COC(=O)C1=C(CS(=O)(=O)c2ccc(OC)cc2)NC(=O)N[C@@H]1c1ccc(OC)c(OC)c1. The number of carbonyl (C=O) groups is 2. The van der Waals surface area contributed by atoms with Gasteiger partial charge in [-0.1, -0.05) is 6.07 Å². The van der Waals surface area contributed by atoms with Crippen molar-refractivity contribution in [3.8, 4) is 17.2 Å². The van der Waals surface area contributed by atoms with Crippen molar-refractivity contribution >= 4 is 21.8 Å². The van der Waals surface area contributed by atoms with Crippen LogP contribution in [0.4, 0.5) is 4.79 Å². The summed E-state index contributed by atoms with van der Waals surface area (Å²) >= 11 is 0. The van der Waals surface area contributed by atoms with Gasteiger partial charge in [-0.05, 0) is 42.0 Å². The number of rotatable bonds is 8. The smallest absolute Gasteiger partial charge is 0.338 e. The number of urea groups is 1. The summed E-state index contributed by atoms with van der Waals surface area (Å²) in [5.74, 6) is -0.0952. The van der Waals surface area contributed by atoms with Crippen molar-refractivity contribution in [2.24, 2.45) is 0 Å². The van der Waals surface area contributed by atoms with Gasteiger partial charge in [-0.15, -0.1) is 0 Å². The van der Waals surface area contributed by atoms with E-state index in [2.05, 4.69) is 10.6 Å². The van der Waals surface area contributed by atoms with Gasteiger partial charge in [-0.25, -0.2) is 18.0 Å². The van der Waals surface area contributed by atoms with Crippen LogP contribution in [0.5, 0.6) is 17.2 Å². The summed E-state index contributed by atoms with van der Waals surface area (Å²) in [5, 5.41) is 5.09. The first-order chi connectivity index (χ1) is 15.7. The Hall–Kier alpha value is -3.73. The maximum Gasteiger partial charge on any atom is 0.338 e. The van der Waals surface area contributed by atoms with Crippen LogP contribution < -0.4 is 24.8 Å². The lowest BCUT2D eigenvalue weighted by Crippen LogP contribution is -2.47. The molecule has 0 saturated heterocycles. The third-order valence-electron chi connectivity index (χ3n) is 5.05. The molecule has 1 atom stereocenters. The predicted octanol–water partition coefficient (Wildman–Crippen LogP) is 1.97. The summed E-state index contributed by atoms with van der Waals surface area (Å²) in [7, 11) is 1.65. The van der Waals surface area contributed by atoms with Gasteiger partial charge >= 0.3 is 12.0 Å². The van der Waals surface area contributed by atoms with E-state index in [0.29, 0.717) is 22.8 Å². The van der Waals surface area contributed by atoms with Crippen LogP contribution in [0.15, 0.2) is 58.6 Å². The first-order valence-electron chi connectivity index (χ1n) is 9.71. The van der Waals surface area contributed by atoms with E-state index in [4.69, 9.17) is 18.9 Å². The van der Waals surface area contributed by atoms with E-state index >= 15 is 0 Å². The highest BCUT2D eigenvalue weighted by Crippen LogP contribution is 2.35. The van der Waals surface area contributed by atoms with Crippen molar-refractivity contribution in [1.82, 2.24) is 10.6 Å². The van der Waals surface area contributed by atoms with Crippen LogP contribution in [0.25, 0.3) is 0 Å². The van der Waals surface area contributed by atoms with Gasteiger partial charge in [-0.2, -0.15) is 0 Å². The number of hydrogen-bond acceptors (Lipinski definition) is 8. The molecule has 3 rings (SSSR count). The number of nitrogens with one attached hydrogen (secondary N) is 2. The van der Waals surface area contributed by atoms with E-state index in [0.717, 1.165) is 0 Å². The molecule has 33 heavy (non-hydrogen) atoms. The number of esters is 1. The third kappa shape index (κ3) is 5.03. The van der Waals surface area contributed by atoms with Crippen molar-refractivity contribution in [3.05, 3.63) is 59.3 Å². The van der Waals surface area contributed by atoms with Gasteiger partial charge in [0.05, 0.1) is 50.7 Å². The average molecular weight is 477 g/mol. The lowest BCUT2D eigenvalue weighted by atomic mass is 9.95. The van der Waals surface area contributed by atoms with Gasteiger partial charge in [0, 0.05) is 5.70 Å². The maximum absolute atomic E-state index is 13.1. The van der Waals surface area contributed by atoms with Crippen molar-refractivity contribution in [1.29, 1.82) is 0 Å². The zero-order valence-corrected chi connectivity index (χ0v) is 19.3. The topological polar surface area (TPSA) is 129 Å². The molecule has 10 nitrogen and oxygen atoms in total. The summed E-state index contributed by atoms with van der Waals surface area (Å²) in [6.07, 6.45) is 0. The predicted molar refractivity (Wildman–Crippen MR) is 118 cm³/mol. The number of amides is 2. The Labute approximate surface area is 191 Å². The molecule has 2 amide bonds. The molecular weight excluding hydrogens is 452 g/mol. The van der Waals surface area contributed by atoms with Crippen LogP contribution in [0, 0.1) is 0 Å². The summed E-state index contributed by atoms with van der Waals surface area (Å²) < 4.78 is 46.6. The van der Waals surface area contributed by atoms with Gasteiger partial charge in [0.1, 0.15) is 5.75 Å². The fourth-order valence-corrected chi connectivity index (χ4v) is 4.75. The number of methoxy groups -OCH3 is 4. The quantitative estimate of drug-likeness (QED) is 0.553. The van der Waals surface area contributed by atoms with Crippen LogP contribution in [0.2, 0.25) is 0 Å². The summed E-state index contributed by atoms with van der Waals surface area (Å²) in [6, 6.07) is 9.00. The van der Waals surface area contributed by atoms with Crippen LogP contribution in [-0.2, 0) is 19.4 Å². The monoisotopic (exact) mass is 476 g/mol.